The van der Waals surface area contributed by atoms with Gasteiger partial charge in [0, 0.05) is 17.8 Å². The lowest BCUT2D eigenvalue weighted by Gasteiger charge is -2.39. The molecular formula is C27H29N. The van der Waals surface area contributed by atoms with Crippen molar-refractivity contribution < 1.29 is 0 Å². The smallest absolute Gasteiger partial charge is 0.0545 e. The fraction of sp³-hybridized carbons (Fsp3) is 0.259. The van der Waals surface area contributed by atoms with Crippen molar-refractivity contribution in [2.24, 2.45) is 0 Å². The van der Waals surface area contributed by atoms with E-state index in [2.05, 4.69) is 97.3 Å². The molecular weight excluding hydrogens is 338 g/mol. The first-order valence-electron chi connectivity index (χ1n) is 10.4. The van der Waals surface area contributed by atoms with Crippen molar-refractivity contribution in [2.45, 2.75) is 38.6 Å². The topological polar surface area (TPSA) is 3.24 Å². The minimum Gasteiger partial charge on any atom is -0.364 e. The van der Waals surface area contributed by atoms with Gasteiger partial charge in [-0.15, -0.1) is 0 Å². The van der Waals surface area contributed by atoms with E-state index in [-0.39, 0.29) is 0 Å². The Morgan fingerprint density at radius 3 is 2.29 bits per heavy atom. The van der Waals surface area contributed by atoms with Crippen LogP contribution in [0.15, 0.2) is 85.4 Å². The molecule has 0 radical (unpaired) electrons. The van der Waals surface area contributed by atoms with Gasteiger partial charge in [0.25, 0.3) is 0 Å². The Morgan fingerprint density at radius 2 is 1.54 bits per heavy atom. The lowest BCUT2D eigenvalue weighted by Crippen LogP contribution is -2.33. The zero-order valence-corrected chi connectivity index (χ0v) is 16.8. The molecule has 0 saturated heterocycles. The van der Waals surface area contributed by atoms with Crippen LogP contribution in [0.5, 0.6) is 0 Å². The summed E-state index contributed by atoms with van der Waals surface area (Å²) < 4.78 is 0. The van der Waals surface area contributed by atoms with Crippen LogP contribution in [0.25, 0.3) is 5.70 Å². The quantitative estimate of drug-likeness (QED) is 0.484. The molecule has 142 valence electrons. The van der Waals surface area contributed by atoms with E-state index in [1.165, 1.54) is 27.8 Å². The average Bonchev–Trinajstić information content (AvgIpc) is 2.76. The Kier molecular flexibility index (Phi) is 5.62. The number of aryl methyl sites for hydroxylation is 2. The third-order valence-corrected chi connectivity index (χ3v) is 6.00. The lowest BCUT2D eigenvalue weighted by molar-refractivity contribution is 0.279. The summed E-state index contributed by atoms with van der Waals surface area (Å²) in [5, 5.41) is 0. The zero-order chi connectivity index (χ0) is 19.3. The summed E-state index contributed by atoms with van der Waals surface area (Å²) in [5.74, 6) is 0. The second kappa shape index (κ2) is 8.48. The fourth-order valence-corrected chi connectivity index (χ4v) is 4.32. The molecule has 3 aromatic carbocycles. The summed E-state index contributed by atoms with van der Waals surface area (Å²) in [7, 11) is 0. The monoisotopic (exact) mass is 367 g/mol. The Morgan fingerprint density at radius 1 is 0.857 bits per heavy atom. The van der Waals surface area contributed by atoms with Crippen LogP contribution in [-0.2, 0) is 19.3 Å². The summed E-state index contributed by atoms with van der Waals surface area (Å²) in [5.41, 5.74) is 8.10. The highest BCUT2D eigenvalue weighted by molar-refractivity contribution is 5.67. The fourth-order valence-electron chi connectivity index (χ4n) is 4.32. The largest absolute Gasteiger partial charge is 0.364 e. The molecule has 1 aliphatic heterocycles. The van der Waals surface area contributed by atoms with E-state index in [0.717, 1.165) is 37.9 Å². The van der Waals surface area contributed by atoms with Crippen molar-refractivity contribution >= 4 is 5.70 Å². The SMILES string of the molecule is C=C1c2ccccc2CCN1C(CCc1ccc(CC)cc1)c1ccccc1. The van der Waals surface area contributed by atoms with E-state index in [4.69, 9.17) is 0 Å². The molecule has 1 heteroatoms. The van der Waals surface area contributed by atoms with Gasteiger partial charge in [-0.25, -0.2) is 0 Å². The van der Waals surface area contributed by atoms with Crippen LogP contribution in [0.3, 0.4) is 0 Å². The highest BCUT2D eigenvalue weighted by Crippen LogP contribution is 2.36. The van der Waals surface area contributed by atoms with Crippen molar-refractivity contribution in [1.82, 2.24) is 4.90 Å². The van der Waals surface area contributed by atoms with Crippen molar-refractivity contribution in [1.29, 1.82) is 0 Å². The number of nitrogens with zero attached hydrogens (tertiary/aromatic N) is 1. The van der Waals surface area contributed by atoms with E-state index < -0.39 is 0 Å². The van der Waals surface area contributed by atoms with E-state index in [0.29, 0.717) is 6.04 Å². The summed E-state index contributed by atoms with van der Waals surface area (Å²) >= 11 is 0. The molecule has 0 saturated carbocycles. The van der Waals surface area contributed by atoms with Crippen LogP contribution >= 0.6 is 0 Å². The van der Waals surface area contributed by atoms with Crippen LogP contribution in [0, 0.1) is 0 Å². The molecule has 0 aromatic heterocycles. The van der Waals surface area contributed by atoms with Crippen LogP contribution in [-0.4, -0.2) is 11.4 Å². The molecule has 1 aliphatic rings. The predicted octanol–water partition coefficient (Wildman–Crippen LogP) is 6.45. The van der Waals surface area contributed by atoms with Crippen molar-refractivity contribution in [3.63, 3.8) is 0 Å². The van der Waals surface area contributed by atoms with Crippen molar-refractivity contribution in [3.05, 3.63) is 113 Å². The van der Waals surface area contributed by atoms with Gasteiger partial charge in [-0.3, -0.25) is 0 Å². The molecule has 0 aliphatic carbocycles. The highest BCUT2D eigenvalue weighted by atomic mass is 15.2. The summed E-state index contributed by atoms with van der Waals surface area (Å²) in [6.07, 6.45) is 4.36. The number of benzene rings is 3. The molecule has 28 heavy (non-hydrogen) atoms. The summed E-state index contributed by atoms with van der Waals surface area (Å²) in [6.45, 7) is 7.73. The maximum absolute atomic E-state index is 4.49. The molecule has 1 heterocycles. The van der Waals surface area contributed by atoms with Gasteiger partial charge in [0.05, 0.1) is 6.04 Å². The standard InChI is InChI=1S/C27H29N/c1-3-22-13-15-23(16-14-22)17-18-27(25-10-5-4-6-11-25)28-20-19-24-9-7-8-12-26(24)21(28)2/h4-16,27H,2-3,17-20H2,1H3. The van der Waals surface area contributed by atoms with Gasteiger partial charge in [0.15, 0.2) is 0 Å². The predicted molar refractivity (Wildman–Crippen MR) is 119 cm³/mol. The van der Waals surface area contributed by atoms with Crippen LogP contribution in [0.1, 0.15) is 47.2 Å². The Bertz CT molecular complexity index is 924. The molecule has 0 fully saturated rings. The summed E-state index contributed by atoms with van der Waals surface area (Å²) in [6, 6.07) is 29.1. The number of rotatable bonds is 6. The third-order valence-electron chi connectivity index (χ3n) is 6.00. The first kappa shape index (κ1) is 18.6. The minimum absolute atomic E-state index is 0.355. The van der Waals surface area contributed by atoms with Gasteiger partial charge in [-0.05, 0) is 47.9 Å². The number of hydrogen-bond donors (Lipinski definition) is 0. The molecule has 1 atom stereocenters. The molecule has 0 amide bonds. The van der Waals surface area contributed by atoms with Gasteiger partial charge in [0.1, 0.15) is 0 Å². The molecule has 1 unspecified atom stereocenters. The molecule has 3 aromatic rings. The van der Waals surface area contributed by atoms with Gasteiger partial charge in [-0.2, -0.15) is 0 Å². The Balaban J connectivity index is 1.58. The van der Waals surface area contributed by atoms with Crippen molar-refractivity contribution in [3.8, 4) is 0 Å². The first-order chi connectivity index (χ1) is 13.8. The maximum Gasteiger partial charge on any atom is 0.0545 e. The minimum atomic E-state index is 0.355. The molecule has 0 spiro atoms. The first-order valence-corrected chi connectivity index (χ1v) is 10.4. The maximum atomic E-state index is 4.49. The van der Waals surface area contributed by atoms with E-state index in [9.17, 15) is 0 Å². The normalized spacial score (nSPS) is 14.6. The van der Waals surface area contributed by atoms with Crippen LogP contribution in [0.4, 0.5) is 0 Å². The van der Waals surface area contributed by atoms with Gasteiger partial charge < -0.3 is 4.90 Å². The Labute approximate surface area is 169 Å². The van der Waals surface area contributed by atoms with Crippen LogP contribution in [0.2, 0.25) is 0 Å². The number of hydrogen-bond acceptors (Lipinski definition) is 1. The van der Waals surface area contributed by atoms with Gasteiger partial charge in [-0.1, -0.05) is 92.4 Å². The molecule has 0 bridgehead atoms. The highest BCUT2D eigenvalue weighted by Gasteiger charge is 2.26. The Hall–Kier alpha value is -2.80. The second-order valence-electron chi connectivity index (χ2n) is 7.68. The van der Waals surface area contributed by atoms with E-state index in [1.54, 1.807) is 0 Å². The lowest BCUT2D eigenvalue weighted by atomic mass is 9.91. The van der Waals surface area contributed by atoms with E-state index in [1.807, 2.05) is 0 Å². The average molecular weight is 368 g/mol. The second-order valence-corrected chi connectivity index (χ2v) is 7.68. The van der Waals surface area contributed by atoms with E-state index >= 15 is 0 Å². The van der Waals surface area contributed by atoms with Gasteiger partial charge >= 0.3 is 0 Å². The van der Waals surface area contributed by atoms with Gasteiger partial charge in [0.2, 0.25) is 0 Å². The van der Waals surface area contributed by atoms with Crippen molar-refractivity contribution in [2.75, 3.05) is 6.54 Å². The van der Waals surface area contributed by atoms with Crippen LogP contribution < -0.4 is 0 Å². The molecule has 0 N–H and O–H groups in total. The number of fused-ring (bicyclic) bond motifs is 1. The molecule has 4 rings (SSSR count). The molecule has 1 nitrogen and oxygen atoms in total. The third kappa shape index (κ3) is 3.89. The summed E-state index contributed by atoms with van der Waals surface area (Å²) in [4.78, 5) is 2.53. The zero-order valence-electron chi connectivity index (χ0n) is 16.8.